The molecule has 3 aromatic carbocycles. The first kappa shape index (κ1) is 42.6. The fourth-order valence-electron chi connectivity index (χ4n) is 10.5. The number of fused-ring (bicyclic) bond motifs is 1. The monoisotopic (exact) mass is 890 g/mol. The molecule has 18 heteroatoms. The zero-order valence-electron chi connectivity index (χ0n) is 35.6. The van der Waals surface area contributed by atoms with Gasteiger partial charge < -0.3 is 25.5 Å². The Morgan fingerprint density at radius 2 is 1.51 bits per heavy atom. The molecule has 5 fully saturated rings. The van der Waals surface area contributed by atoms with Crippen LogP contribution in [0.25, 0.3) is 11.1 Å². The minimum Gasteiger partial charge on any atom is -0.372 e. The van der Waals surface area contributed by atoms with Gasteiger partial charge in [0.05, 0.1) is 40.6 Å². The maximum Gasteiger partial charge on any atom is 0.417 e. The summed E-state index contributed by atoms with van der Waals surface area (Å²) in [5.41, 5.74) is 1.84. The van der Waals surface area contributed by atoms with E-state index in [9.17, 15) is 37.5 Å². The van der Waals surface area contributed by atoms with Crippen molar-refractivity contribution < 1.29 is 37.5 Å². The lowest BCUT2D eigenvalue weighted by Gasteiger charge is -2.52. The quantitative estimate of drug-likeness (QED) is 0.201. The van der Waals surface area contributed by atoms with Crippen LogP contribution >= 0.6 is 0 Å². The summed E-state index contributed by atoms with van der Waals surface area (Å²) < 4.78 is 42.3. The van der Waals surface area contributed by atoms with E-state index >= 15 is 0 Å². The van der Waals surface area contributed by atoms with Gasteiger partial charge >= 0.3 is 6.18 Å². The lowest BCUT2D eigenvalue weighted by Crippen LogP contribution is -2.66. The summed E-state index contributed by atoms with van der Waals surface area (Å²) in [6, 6.07) is 18.7. The Kier molecular flexibility index (Phi) is 10.9. The molecule has 15 nitrogen and oxygen atoms in total. The number of imide groups is 1. The number of aliphatic hydroxyl groups is 1. The second-order valence-electron chi connectivity index (χ2n) is 18.1. The van der Waals surface area contributed by atoms with Gasteiger partial charge in [-0.25, -0.2) is 0 Å². The Bertz CT molecular complexity index is 2570. The summed E-state index contributed by atoms with van der Waals surface area (Å²) in [5, 5.41) is 29.2. The molecule has 3 N–H and O–H groups in total. The number of benzene rings is 3. The number of nitriles is 1. The summed E-state index contributed by atoms with van der Waals surface area (Å²) in [5.74, 6) is -1.62. The molecule has 6 heterocycles. The Morgan fingerprint density at radius 1 is 0.815 bits per heavy atom. The number of nitrogens with one attached hydrogen (secondary N) is 2. The smallest absolute Gasteiger partial charge is 0.372 e. The van der Waals surface area contributed by atoms with Crippen LogP contribution in [0.3, 0.4) is 0 Å². The van der Waals surface area contributed by atoms with Gasteiger partial charge in [-0.2, -0.15) is 23.5 Å². The molecular weight excluding hydrogens is 842 g/mol. The van der Waals surface area contributed by atoms with Crippen molar-refractivity contribution in [2.24, 2.45) is 0 Å². The van der Waals surface area contributed by atoms with Gasteiger partial charge in [-0.15, -0.1) is 0 Å². The van der Waals surface area contributed by atoms with E-state index in [1.54, 1.807) is 29.1 Å². The summed E-state index contributed by atoms with van der Waals surface area (Å²) in [7, 11) is 0. The largest absolute Gasteiger partial charge is 0.417 e. The van der Waals surface area contributed by atoms with E-state index in [1.807, 2.05) is 12.3 Å². The normalized spacial score (nSPS) is 23.1. The minimum atomic E-state index is -4.73. The van der Waals surface area contributed by atoms with Crippen molar-refractivity contribution in [2.45, 2.75) is 81.0 Å². The highest BCUT2D eigenvalue weighted by Gasteiger charge is 2.48. The second kappa shape index (κ2) is 16.6. The van der Waals surface area contributed by atoms with Crippen LogP contribution in [0.15, 0.2) is 73.1 Å². The van der Waals surface area contributed by atoms with E-state index in [-0.39, 0.29) is 24.4 Å². The molecule has 1 saturated carbocycles. The summed E-state index contributed by atoms with van der Waals surface area (Å²) >= 11 is 0. The van der Waals surface area contributed by atoms with Crippen molar-refractivity contribution in [3.8, 4) is 17.2 Å². The third kappa shape index (κ3) is 7.78. The van der Waals surface area contributed by atoms with E-state index in [0.717, 1.165) is 111 Å². The number of halogens is 3. The van der Waals surface area contributed by atoms with Gasteiger partial charge in [0.2, 0.25) is 5.91 Å². The van der Waals surface area contributed by atoms with Crippen molar-refractivity contribution in [3.63, 3.8) is 0 Å². The molecule has 0 radical (unpaired) electrons. The Labute approximate surface area is 373 Å². The van der Waals surface area contributed by atoms with Crippen LogP contribution in [-0.2, 0) is 21.3 Å². The lowest BCUT2D eigenvalue weighted by atomic mass is 9.76. The molecule has 6 aliphatic rings. The molecule has 338 valence electrons. The van der Waals surface area contributed by atoms with Crippen molar-refractivity contribution in [2.75, 3.05) is 67.5 Å². The van der Waals surface area contributed by atoms with Gasteiger partial charge in [0.1, 0.15) is 11.8 Å². The third-order valence-electron chi connectivity index (χ3n) is 14.5. The van der Waals surface area contributed by atoms with Crippen LogP contribution in [0, 0.1) is 11.3 Å². The number of piperidine rings is 2. The maximum atomic E-state index is 13.6. The Balaban J connectivity index is 0.684. The first-order chi connectivity index (χ1) is 31.3. The molecule has 0 bridgehead atoms. The average molecular weight is 891 g/mol. The van der Waals surface area contributed by atoms with Crippen molar-refractivity contribution in [1.82, 2.24) is 29.8 Å². The Hall–Kier alpha value is -6.29. The molecule has 4 amide bonds. The molecule has 1 aliphatic carbocycles. The van der Waals surface area contributed by atoms with Crippen LogP contribution in [0.2, 0.25) is 0 Å². The third-order valence-corrected chi connectivity index (χ3v) is 14.5. The minimum absolute atomic E-state index is 0.0260. The topological polar surface area (TPSA) is 170 Å². The van der Waals surface area contributed by atoms with E-state index in [4.69, 9.17) is 5.26 Å². The zero-order chi connectivity index (χ0) is 45.2. The SMILES string of the molecule is N#Cc1ccc(NC(=O)C2(n3cc(-c4ccc(N5CCC(N6CC(N7CCN(c8ccc9c(c8)C(=O)N(C8CCC(=O)NC8O)C9=O)CC7)C6)CC5)cc4)cn3)CCC2)cc1C(F)(F)F. The van der Waals surface area contributed by atoms with Gasteiger partial charge in [-0.1, -0.05) is 12.1 Å². The van der Waals surface area contributed by atoms with E-state index in [2.05, 4.69) is 59.6 Å². The molecule has 2 atom stereocenters. The molecule has 4 saturated heterocycles. The lowest BCUT2D eigenvalue weighted by molar-refractivity contribution is -0.138. The van der Waals surface area contributed by atoms with Crippen LogP contribution in [0.5, 0.6) is 0 Å². The number of carbonyl (C=O) groups excluding carboxylic acids is 4. The maximum absolute atomic E-state index is 13.6. The highest BCUT2D eigenvalue weighted by molar-refractivity contribution is 6.22. The number of aromatic nitrogens is 2. The van der Waals surface area contributed by atoms with Gasteiger partial charge in [0, 0.05) is 99.7 Å². The van der Waals surface area contributed by atoms with E-state index < -0.39 is 52.8 Å². The molecular formula is C47H49F3N10O5. The fraction of sp³-hybridized carbons (Fsp3) is 0.447. The molecule has 65 heavy (non-hydrogen) atoms. The number of amides is 4. The van der Waals surface area contributed by atoms with Crippen LogP contribution in [-0.4, -0.2) is 130 Å². The molecule has 10 rings (SSSR count). The Morgan fingerprint density at radius 3 is 2.17 bits per heavy atom. The molecule has 5 aliphatic heterocycles. The molecule has 2 unspecified atom stereocenters. The molecule has 1 aromatic heterocycles. The highest BCUT2D eigenvalue weighted by atomic mass is 19.4. The molecule has 0 spiro atoms. The number of likely N-dealkylation sites (tertiary alicyclic amines) is 1. The fourth-order valence-corrected chi connectivity index (χ4v) is 10.5. The van der Waals surface area contributed by atoms with Gasteiger partial charge in [0.25, 0.3) is 17.7 Å². The first-order valence-electron chi connectivity index (χ1n) is 22.4. The summed E-state index contributed by atoms with van der Waals surface area (Å²) in [6.45, 7) is 7.43. The number of hydrogen-bond donors (Lipinski definition) is 3. The number of piperazine rings is 1. The van der Waals surface area contributed by atoms with E-state index in [1.165, 1.54) is 6.07 Å². The van der Waals surface area contributed by atoms with Crippen LogP contribution in [0.1, 0.15) is 76.8 Å². The number of rotatable bonds is 9. The predicted molar refractivity (Wildman–Crippen MR) is 233 cm³/mol. The molecule has 4 aromatic rings. The van der Waals surface area contributed by atoms with Gasteiger partial charge in [-0.3, -0.25) is 38.6 Å². The zero-order valence-corrected chi connectivity index (χ0v) is 35.6. The number of anilines is 3. The van der Waals surface area contributed by atoms with Crippen molar-refractivity contribution >= 4 is 40.7 Å². The summed E-state index contributed by atoms with van der Waals surface area (Å²) in [4.78, 5) is 62.8. The first-order valence-corrected chi connectivity index (χ1v) is 22.4. The number of nitrogens with zero attached hydrogens (tertiary/aromatic N) is 8. The van der Waals surface area contributed by atoms with Crippen LogP contribution < -0.4 is 20.4 Å². The van der Waals surface area contributed by atoms with Crippen LogP contribution in [0.4, 0.5) is 30.2 Å². The van der Waals surface area contributed by atoms with Gasteiger partial charge in [-0.05, 0) is 92.6 Å². The summed E-state index contributed by atoms with van der Waals surface area (Å²) in [6.07, 6.45) is 1.81. The number of alkyl halides is 3. The second-order valence-corrected chi connectivity index (χ2v) is 18.1. The highest BCUT2D eigenvalue weighted by Crippen LogP contribution is 2.42. The van der Waals surface area contributed by atoms with Gasteiger partial charge in [0.15, 0.2) is 0 Å². The number of hydrogen-bond acceptors (Lipinski definition) is 11. The van der Waals surface area contributed by atoms with E-state index in [0.29, 0.717) is 36.1 Å². The number of aliphatic hydroxyl groups excluding tert-OH is 1. The van der Waals surface area contributed by atoms with Crippen molar-refractivity contribution in [1.29, 1.82) is 5.26 Å². The average Bonchev–Trinajstić information content (AvgIpc) is 3.85. The number of carbonyl (C=O) groups is 4. The van der Waals surface area contributed by atoms with Crippen molar-refractivity contribution in [3.05, 3.63) is 95.3 Å². The standard InChI is InChI=1S/C47H49F3N10O5/c48-47(49,50)39-22-32(5-2-30(39)24-51)53-45(65)46(14-1-15-46)59-26-31(25-52-59)29-3-6-33(7-4-29)55-16-12-34(13-17-55)58-27-36(28-58)57-20-18-56(19-21-57)35-8-9-37-38(23-35)44(64)60(43(37)63)40-10-11-41(61)54-42(40)62/h2-9,22-23,25-26,34,36,40,42,62H,1,10-21,27-28H2,(H,53,65)(H,54,61). The predicted octanol–water partition coefficient (Wildman–Crippen LogP) is 4.63.